The molecule has 4 rings (SSSR count). The van der Waals surface area contributed by atoms with Crippen LogP contribution in [0.5, 0.6) is 0 Å². The Labute approximate surface area is 214 Å². The Hall–Kier alpha value is -3.36. The Morgan fingerprint density at radius 3 is 2.51 bits per heavy atom. The van der Waals surface area contributed by atoms with Gasteiger partial charge < -0.3 is 10.2 Å². The largest absolute Gasteiger partial charge is 0.348 e. The molecule has 2 aromatic carbocycles. The van der Waals surface area contributed by atoms with E-state index in [1.807, 2.05) is 13.0 Å². The van der Waals surface area contributed by atoms with Crippen molar-refractivity contribution in [3.05, 3.63) is 65.2 Å². The topological polar surface area (TPSA) is 111 Å². The van der Waals surface area contributed by atoms with Crippen molar-refractivity contribution in [3.63, 3.8) is 0 Å². The average Bonchev–Trinajstić information content (AvgIpc) is 3.32. The van der Waals surface area contributed by atoms with Crippen LogP contribution in [0.25, 0.3) is 0 Å². The third-order valence-electron chi connectivity index (χ3n) is 6.75. The van der Waals surface area contributed by atoms with E-state index in [0.29, 0.717) is 37.8 Å². The molecule has 8 nitrogen and oxygen atoms in total. The van der Waals surface area contributed by atoms with E-state index in [1.165, 1.54) is 45.6 Å². The normalized spacial score (nSPS) is 19.2. The summed E-state index contributed by atoms with van der Waals surface area (Å²) in [5.74, 6) is -2.72. The lowest BCUT2D eigenvalue weighted by molar-refractivity contribution is -0.125. The summed E-state index contributed by atoms with van der Waals surface area (Å²) in [6.45, 7) is 2.43. The highest BCUT2D eigenvalue weighted by Gasteiger charge is 2.38. The van der Waals surface area contributed by atoms with Crippen molar-refractivity contribution in [2.24, 2.45) is 5.92 Å². The van der Waals surface area contributed by atoms with Gasteiger partial charge in [0.15, 0.2) is 0 Å². The van der Waals surface area contributed by atoms with E-state index in [9.17, 15) is 26.8 Å². The van der Waals surface area contributed by atoms with Crippen LogP contribution in [-0.2, 0) is 14.8 Å². The summed E-state index contributed by atoms with van der Waals surface area (Å²) in [6.07, 6.45) is 2.11. The van der Waals surface area contributed by atoms with E-state index in [0.717, 1.165) is 6.07 Å². The summed E-state index contributed by atoms with van der Waals surface area (Å²) in [4.78, 5) is 27.9. The number of likely N-dealkylation sites (tertiary alicyclic amines) is 1. The smallest absolute Gasteiger partial charge is 0.254 e. The van der Waals surface area contributed by atoms with Gasteiger partial charge in [-0.2, -0.15) is 9.57 Å². The highest BCUT2D eigenvalue weighted by atomic mass is 32.2. The summed E-state index contributed by atoms with van der Waals surface area (Å²) < 4.78 is 54.5. The third kappa shape index (κ3) is 5.65. The minimum Gasteiger partial charge on any atom is -0.348 e. The molecule has 0 aliphatic carbocycles. The van der Waals surface area contributed by atoms with E-state index in [4.69, 9.17) is 5.26 Å². The van der Waals surface area contributed by atoms with Crippen molar-refractivity contribution in [1.29, 1.82) is 5.26 Å². The highest BCUT2D eigenvalue weighted by molar-refractivity contribution is 7.89. The van der Waals surface area contributed by atoms with Crippen LogP contribution in [0.1, 0.15) is 54.6 Å². The monoisotopic (exact) mass is 530 g/mol. The van der Waals surface area contributed by atoms with Crippen LogP contribution in [0.3, 0.4) is 0 Å². The molecule has 2 aliphatic heterocycles. The molecule has 0 radical (unpaired) electrons. The SMILES string of the molecule is CCC[C@@H](NC(=O)[C@H]1CCCN1C(=O)c1cccc(S(=O)(=O)N2CC(C#N)C2)c1)c1cc(F)cc(F)c1. The molecule has 37 heavy (non-hydrogen) atoms. The zero-order valence-corrected chi connectivity index (χ0v) is 21.2. The number of hydrogen-bond donors (Lipinski definition) is 1. The Balaban J connectivity index is 1.50. The van der Waals surface area contributed by atoms with E-state index in [2.05, 4.69) is 5.32 Å². The van der Waals surface area contributed by atoms with Crippen LogP contribution in [-0.4, -0.2) is 55.1 Å². The second kappa shape index (κ2) is 10.9. The summed E-state index contributed by atoms with van der Waals surface area (Å²) in [5, 5.41) is 11.8. The van der Waals surface area contributed by atoms with Gasteiger partial charge in [-0.3, -0.25) is 9.59 Å². The molecule has 0 spiro atoms. The molecule has 2 fully saturated rings. The first-order valence-electron chi connectivity index (χ1n) is 12.2. The number of halogens is 2. The average molecular weight is 531 g/mol. The molecule has 2 atom stereocenters. The van der Waals surface area contributed by atoms with Crippen LogP contribution in [0, 0.1) is 28.9 Å². The Bertz CT molecular complexity index is 1320. The second-order valence-electron chi connectivity index (χ2n) is 9.39. The maximum Gasteiger partial charge on any atom is 0.254 e. The van der Waals surface area contributed by atoms with Gasteiger partial charge in [-0.05, 0) is 55.2 Å². The fourth-order valence-electron chi connectivity index (χ4n) is 4.76. The van der Waals surface area contributed by atoms with Gasteiger partial charge in [0.25, 0.3) is 5.91 Å². The van der Waals surface area contributed by atoms with Gasteiger partial charge in [0.1, 0.15) is 17.7 Å². The number of carbonyl (C=O) groups is 2. The zero-order valence-electron chi connectivity index (χ0n) is 20.4. The maximum atomic E-state index is 13.8. The van der Waals surface area contributed by atoms with Crippen molar-refractivity contribution in [2.45, 2.75) is 49.6 Å². The Morgan fingerprint density at radius 2 is 1.86 bits per heavy atom. The molecule has 0 aromatic heterocycles. The number of nitrogens with one attached hydrogen (secondary N) is 1. The Morgan fingerprint density at radius 1 is 1.16 bits per heavy atom. The summed E-state index contributed by atoms with van der Waals surface area (Å²) >= 11 is 0. The quantitative estimate of drug-likeness (QED) is 0.563. The van der Waals surface area contributed by atoms with Crippen LogP contribution >= 0.6 is 0 Å². The lowest BCUT2D eigenvalue weighted by Crippen LogP contribution is -2.49. The predicted octanol–water partition coefficient (Wildman–Crippen LogP) is 3.37. The number of nitrogens with zero attached hydrogens (tertiary/aromatic N) is 3. The number of rotatable bonds is 8. The van der Waals surface area contributed by atoms with Crippen molar-refractivity contribution in [1.82, 2.24) is 14.5 Å². The highest BCUT2D eigenvalue weighted by Crippen LogP contribution is 2.28. The van der Waals surface area contributed by atoms with E-state index >= 15 is 0 Å². The number of hydrogen-bond acceptors (Lipinski definition) is 5. The minimum absolute atomic E-state index is 0.0499. The van der Waals surface area contributed by atoms with Crippen molar-refractivity contribution >= 4 is 21.8 Å². The molecule has 11 heteroatoms. The van der Waals surface area contributed by atoms with Gasteiger partial charge in [-0.15, -0.1) is 0 Å². The fourth-order valence-corrected chi connectivity index (χ4v) is 6.33. The van der Waals surface area contributed by atoms with Crippen LogP contribution in [0.2, 0.25) is 0 Å². The van der Waals surface area contributed by atoms with Gasteiger partial charge in [0.05, 0.1) is 22.9 Å². The van der Waals surface area contributed by atoms with Gasteiger partial charge in [0.2, 0.25) is 15.9 Å². The van der Waals surface area contributed by atoms with E-state index in [-0.39, 0.29) is 29.5 Å². The number of nitriles is 1. The van der Waals surface area contributed by atoms with Crippen LogP contribution in [0.4, 0.5) is 8.78 Å². The van der Waals surface area contributed by atoms with Gasteiger partial charge in [-0.1, -0.05) is 19.4 Å². The molecule has 2 heterocycles. The summed E-state index contributed by atoms with van der Waals surface area (Å²) in [5.41, 5.74) is 0.446. The molecule has 2 amide bonds. The lowest BCUT2D eigenvalue weighted by atomic mass is 10.0. The second-order valence-corrected chi connectivity index (χ2v) is 11.3. The molecule has 2 saturated heterocycles. The summed E-state index contributed by atoms with van der Waals surface area (Å²) in [7, 11) is -3.84. The maximum absolute atomic E-state index is 13.8. The molecule has 2 aromatic rings. The van der Waals surface area contributed by atoms with Crippen LogP contribution in [0.15, 0.2) is 47.4 Å². The van der Waals surface area contributed by atoms with E-state index in [1.54, 1.807) is 0 Å². The van der Waals surface area contributed by atoms with Crippen molar-refractivity contribution in [2.75, 3.05) is 19.6 Å². The molecular formula is C26H28F2N4O4S. The first kappa shape index (κ1) is 26.7. The first-order chi connectivity index (χ1) is 17.6. The van der Waals surface area contributed by atoms with Gasteiger partial charge in [0, 0.05) is 31.3 Å². The predicted molar refractivity (Wildman–Crippen MR) is 131 cm³/mol. The number of amides is 2. The molecule has 2 aliphatic rings. The molecule has 0 bridgehead atoms. The standard InChI is InChI=1S/C26H28F2N4O4S/c1-2-5-23(19-10-20(27)13-21(28)11-19)30-25(33)24-8-4-9-32(24)26(34)18-6-3-7-22(12-18)37(35,36)31-15-17(14-29)16-31/h3,6-7,10-13,17,23-24H,2,4-5,8-9,15-16H2,1H3,(H,30,33)/t23-,24-/m1/s1. The van der Waals surface area contributed by atoms with Crippen molar-refractivity contribution in [3.8, 4) is 6.07 Å². The molecule has 196 valence electrons. The molecule has 1 N–H and O–H groups in total. The first-order valence-corrected chi connectivity index (χ1v) is 13.6. The van der Waals surface area contributed by atoms with Gasteiger partial charge in [-0.25, -0.2) is 17.2 Å². The summed E-state index contributed by atoms with van der Waals surface area (Å²) in [6, 6.07) is 9.41. The van der Waals surface area contributed by atoms with E-state index < -0.39 is 45.6 Å². The number of carbonyl (C=O) groups excluding carboxylic acids is 2. The number of benzene rings is 2. The molecule has 0 saturated carbocycles. The third-order valence-corrected chi connectivity index (χ3v) is 8.57. The lowest BCUT2D eigenvalue weighted by Gasteiger charge is -2.34. The fraction of sp³-hybridized carbons (Fsp3) is 0.423. The molecule has 0 unspecified atom stereocenters. The Kier molecular flexibility index (Phi) is 7.90. The van der Waals surface area contributed by atoms with Gasteiger partial charge >= 0.3 is 0 Å². The molecular weight excluding hydrogens is 502 g/mol. The zero-order chi connectivity index (χ0) is 26.7. The van der Waals surface area contributed by atoms with Crippen LogP contribution < -0.4 is 5.32 Å². The van der Waals surface area contributed by atoms with Crippen molar-refractivity contribution < 1.29 is 26.8 Å². The number of sulfonamides is 1. The minimum atomic E-state index is -3.84.